The van der Waals surface area contributed by atoms with Crippen LogP contribution in [0.25, 0.3) is 0 Å². The fourth-order valence-electron chi connectivity index (χ4n) is 2.60. The summed E-state index contributed by atoms with van der Waals surface area (Å²) in [6.07, 6.45) is 8.54. The van der Waals surface area contributed by atoms with E-state index in [1.807, 2.05) is 0 Å². The molecule has 1 N–H and O–H groups in total. The molecule has 1 atom stereocenters. The van der Waals surface area contributed by atoms with Crippen molar-refractivity contribution < 1.29 is 0 Å². The minimum absolute atomic E-state index is 0.850. The molecule has 0 bridgehead atoms. The van der Waals surface area contributed by atoms with Gasteiger partial charge in [-0.15, -0.1) is 0 Å². The zero-order valence-corrected chi connectivity index (χ0v) is 8.60. The Labute approximate surface area is 81.7 Å². The van der Waals surface area contributed by atoms with Crippen molar-refractivity contribution in [3.05, 3.63) is 0 Å². The molecule has 2 saturated heterocycles. The Morgan fingerprint density at radius 3 is 2.62 bits per heavy atom. The van der Waals surface area contributed by atoms with Crippen LogP contribution in [0.15, 0.2) is 0 Å². The lowest BCUT2D eigenvalue weighted by molar-refractivity contribution is 0.156. The molecule has 2 fully saturated rings. The van der Waals surface area contributed by atoms with Crippen molar-refractivity contribution in [2.45, 2.75) is 44.6 Å². The van der Waals surface area contributed by atoms with Gasteiger partial charge in [0.1, 0.15) is 0 Å². The summed E-state index contributed by atoms with van der Waals surface area (Å²) in [6, 6.07) is 0.850. The first-order valence-electron chi connectivity index (χ1n) is 5.91. The van der Waals surface area contributed by atoms with Crippen molar-refractivity contribution in [3.63, 3.8) is 0 Å². The first-order valence-corrected chi connectivity index (χ1v) is 5.91. The summed E-state index contributed by atoms with van der Waals surface area (Å²) in [6.45, 7) is 5.18. The molecule has 2 heterocycles. The number of hydrogen-bond donors (Lipinski definition) is 1. The summed E-state index contributed by atoms with van der Waals surface area (Å²) >= 11 is 0. The lowest BCUT2D eigenvalue weighted by Gasteiger charge is -2.33. The number of nitrogens with one attached hydrogen (secondary N) is 1. The summed E-state index contributed by atoms with van der Waals surface area (Å²) in [5.41, 5.74) is 0. The van der Waals surface area contributed by atoms with Crippen molar-refractivity contribution in [3.8, 4) is 0 Å². The molecule has 1 unspecified atom stereocenters. The molecule has 13 heavy (non-hydrogen) atoms. The van der Waals surface area contributed by atoms with Crippen LogP contribution in [0.3, 0.4) is 0 Å². The first-order chi connectivity index (χ1) is 6.47. The maximum Gasteiger partial charge on any atom is 0.0220 e. The maximum absolute atomic E-state index is 3.55. The van der Waals surface area contributed by atoms with Gasteiger partial charge in [0, 0.05) is 12.6 Å². The highest BCUT2D eigenvalue weighted by atomic mass is 15.2. The van der Waals surface area contributed by atoms with E-state index in [0.717, 1.165) is 6.04 Å². The number of piperidine rings is 1. The molecule has 0 aliphatic carbocycles. The van der Waals surface area contributed by atoms with Gasteiger partial charge in [-0.2, -0.15) is 0 Å². The molecule has 2 aliphatic rings. The second kappa shape index (κ2) is 4.97. The average Bonchev–Trinajstić information content (AvgIpc) is 2.47. The van der Waals surface area contributed by atoms with E-state index >= 15 is 0 Å². The zero-order chi connectivity index (χ0) is 8.93. The molecule has 76 valence electrons. The van der Waals surface area contributed by atoms with Crippen LogP contribution in [0.4, 0.5) is 0 Å². The normalized spacial score (nSPS) is 32.8. The fourth-order valence-corrected chi connectivity index (χ4v) is 2.60. The monoisotopic (exact) mass is 182 g/mol. The predicted molar refractivity (Wildman–Crippen MR) is 55.9 cm³/mol. The summed E-state index contributed by atoms with van der Waals surface area (Å²) < 4.78 is 0. The van der Waals surface area contributed by atoms with Gasteiger partial charge in [-0.25, -0.2) is 0 Å². The molecule has 0 aromatic heterocycles. The largest absolute Gasteiger partial charge is 0.315 e. The van der Waals surface area contributed by atoms with Crippen molar-refractivity contribution in [1.82, 2.24) is 10.2 Å². The standard InChI is InChI=1S/C11H22N2/c1-4-8-13(9-5-1)11-6-2-3-7-12-10-11/h11-12H,1-10H2. The van der Waals surface area contributed by atoms with Crippen molar-refractivity contribution in [2.24, 2.45) is 0 Å². The molecule has 0 aromatic carbocycles. The van der Waals surface area contributed by atoms with Crippen LogP contribution in [-0.4, -0.2) is 37.1 Å². The highest BCUT2D eigenvalue weighted by molar-refractivity contribution is 4.78. The average molecular weight is 182 g/mol. The van der Waals surface area contributed by atoms with Gasteiger partial charge in [0.2, 0.25) is 0 Å². The topological polar surface area (TPSA) is 15.3 Å². The summed E-state index contributed by atoms with van der Waals surface area (Å²) in [5.74, 6) is 0. The molecule has 2 heteroatoms. The lowest BCUT2D eigenvalue weighted by Crippen LogP contribution is -2.43. The predicted octanol–water partition coefficient (Wildman–Crippen LogP) is 1.61. The van der Waals surface area contributed by atoms with Gasteiger partial charge in [0.15, 0.2) is 0 Å². The van der Waals surface area contributed by atoms with Gasteiger partial charge < -0.3 is 5.32 Å². The van der Waals surface area contributed by atoms with E-state index in [2.05, 4.69) is 10.2 Å². The molecule has 0 aromatic rings. The van der Waals surface area contributed by atoms with Gasteiger partial charge in [0.25, 0.3) is 0 Å². The van der Waals surface area contributed by atoms with Gasteiger partial charge >= 0.3 is 0 Å². The summed E-state index contributed by atoms with van der Waals surface area (Å²) in [4.78, 5) is 2.71. The SMILES string of the molecule is C1CCN(C2CCCCNC2)CC1. The summed E-state index contributed by atoms with van der Waals surface area (Å²) in [5, 5.41) is 3.55. The highest BCUT2D eigenvalue weighted by Crippen LogP contribution is 2.16. The minimum Gasteiger partial charge on any atom is -0.315 e. The Bertz CT molecular complexity index is 133. The van der Waals surface area contributed by atoms with E-state index in [1.165, 1.54) is 64.7 Å². The van der Waals surface area contributed by atoms with E-state index in [4.69, 9.17) is 0 Å². The third-order valence-corrected chi connectivity index (χ3v) is 3.43. The van der Waals surface area contributed by atoms with Crippen LogP contribution in [0, 0.1) is 0 Å². The van der Waals surface area contributed by atoms with Crippen LogP contribution < -0.4 is 5.32 Å². The minimum atomic E-state index is 0.850. The first kappa shape index (κ1) is 9.47. The van der Waals surface area contributed by atoms with E-state index in [0.29, 0.717) is 0 Å². The third-order valence-electron chi connectivity index (χ3n) is 3.43. The molecule has 0 amide bonds. The summed E-state index contributed by atoms with van der Waals surface area (Å²) in [7, 11) is 0. The van der Waals surface area contributed by atoms with E-state index in [1.54, 1.807) is 0 Å². The van der Waals surface area contributed by atoms with Crippen LogP contribution in [0.5, 0.6) is 0 Å². The van der Waals surface area contributed by atoms with Crippen LogP contribution in [-0.2, 0) is 0 Å². The molecule has 0 radical (unpaired) electrons. The number of hydrogen-bond acceptors (Lipinski definition) is 2. The maximum atomic E-state index is 3.55. The zero-order valence-electron chi connectivity index (χ0n) is 8.60. The highest BCUT2D eigenvalue weighted by Gasteiger charge is 2.20. The Morgan fingerprint density at radius 2 is 1.77 bits per heavy atom. The quantitative estimate of drug-likeness (QED) is 0.663. The fraction of sp³-hybridized carbons (Fsp3) is 1.00. The molecule has 0 spiro atoms. The number of rotatable bonds is 1. The third kappa shape index (κ3) is 2.68. The Hall–Kier alpha value is -0.0800. The van der Waals surface area contributed by atoms with Crippen molar-refractivity contribution in [1.29, 1.82) is 0 Å². The molecule has 2 aliphatic heterocycles. The van der Waals surface area contributed by atoms with Gasteiger partial charge in [0.05, 0.1) is 0 Å². The molecular weight excluding hydrogens is 160 g/mol. The second-order valence-corrected chi connectivity index (χ2v) is 4.45. The Balaban J connectivity index is 1.82. The smallest absolute Gasteiger partial charge is 0.0220 e. The number of likely N-dealkylation sites (tertiary alicyclic amines) is 1. The molecular formula is C11H22N2. The van der Waals surface area contributed by atoms with Gasteiger partial charge in [-0.05, 0) is 45.3 Å². The van der Waals surface area contributed by atoms with Crippen LogP contribution in [0.1, 0.15) is 38.5 Å². The Kier molecular flexibility index (Phi) is 3.62. The lowest BCUT2D eigenvalue weighted by atomic mass is 10.0. The van der Waals surface area contributed by atoms with Gasteiger partial charge in [-0.3, -0.25) is 4.90 Å². The van der Waals surface area contributed by atoms with E-state index in [9.17, 15) is 0 Å². The van der Waals surface area contributed by atoms with Crippen molar-refractivity contribution in [2.75, 3.05) is 26.2 Å². The van der Waals surface area contributed by atoms with Gasteiger partial charge in [-0.1, -0.05) is 12.8 Å². The van der Waals surface area contributed by atoms with Crippen LogP contribution >= 0.6 is 0 Å². The van der Waals surface area contributed by atoms with E-state index < -0.39 is 0 Å². The van der Waals surface area contributed by atoms with Crippen LogP contribution in [0.2, 0.25) is 0 Å². The second-order valence-electron chi connectivity index (χ2n) is 4.45. The Morgan fingerprint density at radius 1 is 0.923 bits per heavy atom. The number of nitrogens with zero attached hydrogens (tertiary/aromatic N) is 1. The van der Waals surface area contributed by atoms with E-state index in [-0.39, 0.29) is 0 Å². The van der Waals surface area contributed by atoms with Crippen molar-refractivity contribution >= 4 is 0 Å². The molecule has 2 nitrogen and oxygen atoms in total. The molecule has 2 rings (SSSR count). The molecule has 0 saturated carbocycles.